The lowest BCUT2D eigenvalue weighted by atomic mass is 10.1. The highest BCUT2D eigenvalue weighted by atomic mass is 15.3. The lowest BCUT2D eigenvalue weighted by Crippen LogP contribution is -2.19. The summed E-state index contributed by atoms with van der Waals surface area (Å²) in [5.41, 5.74) is 4.88. The Hall–Kier alpha value is -1.87. The predicted octanol–water partition coefficient (Wildman–Crippen LogP) is 3.40. The van der Waals surface area contributed by atoms with Crippen molar-refractivity contribution in [1.82, 2.24) is 15.1 Å². The van der Waals surface area contributed by atoms with Gasteiger partial charge in [-0.2, -0.15) is 5.10 Å². The second-order valence-corrected chi connectivity index (χ2v) is 5.15. The van der Waals surface area contributed by atoms with E-state index in [4.69, 9.17) is 0 Å². The predicted molar refractivity (Wildman–Crippen MR) is 84.6 cm³/mol. The van der Waals surface area contributed by atoms with Crippen LogP contribution in [0.2, 0.25) is 0 Å². The normalized spacial score (nSPS) is 13.0. The third-order valence-electron chi connectivity index (χ3n) is 3.65. The monoisotopic (exact) mass is 269 g/mol. The molecule has 0 amide bonds. The number of aryl methyl sites for hydroxylation is 2. The van der Waals surface area contributed by atoms with Crippen molar-refractivity contribution in [2.45, 2.75) is 26.8 Å². The maximum Gasteiger partial charge on any atom is 0.0644 e. The zero-order valence-electron chi connectivity index (χ0n) is 12.7. The number of hydrogen-bond donors (Lipinski definition) is 1. The van der Waals surface area contributed by atoms with Gasteiger partial charge in [-0.25, -0.2) is 0 Å². The second-order valence-electron chi connectivity index (χ2n) is 5.15. The Morgan fingerprint density at radius 1 is 1.25 bits per heavy atom. The zero-order chi connectivity index (χ0) is 14.5. The molecule has 0 aliphatic carbocycles. The third-order valence-corrected chi connectivity index (χ3v) is 3.65. The lowest BCUT2D eigenvalue weighted by Gasteiger charge is -2.13. The van der Waals surface area contributed by atoms with Crippen molar-refractivity contribution in [3.05, 3.63) is 58.9 Å². The van der Waals surface area contributed by atoms with E-state index in [9.17, 15) is 0 Å². The van der Waals surface area contributed by atoms with E-state index in [-0.39, 0.29) is 0 Å². The summed E-state index contributed by atoms with van der Waals surface area (Å²) in [7, 11) is 1.99. The van der Waals surface area contributed by atoms with Crippen molar-refractivity contribution in [2.24, 2.45) is 7.05 Å². The fraction of sp³-hybridized carbons (Fsp3) is 0.353. The topological polar surface area (TPSA) is 29.9 Å². The Morgan fingerprint density at radius 3 is 2.55 bits per heavy atom. The second kappa shape index (κ2) is 6.53. The first-order valence-electron chi connectivity index (χ1n) is 7.04. The van der Waals surface area contributed by atoms with Crippen LogP contribution in [0.15, 0.2) is 36.4 Å². The van der Waals surface area contributed by atoms with Crippen molar-refractivity contribution < 1.29 is 0 Å². The summed E-state index contributed by atoms with van der Waals surface area (Å²) in [6, 6.07) is 10.7. The summed E-state index contributed by atoms with van der Waals surface area (Å²) in [4.78, 5) is 0. The molecule has 0 unspecified atom stereocenters. The van der Waals surface area contributed by atoms with Gasteiger partial charge in [-0.05, 0) is 26.3 Å². The maximum atomic E-state index is 4.47. The van der Waals surface area contributed by atoms with Crippen LogP contribution in [0.25, 0.3) is 6.08 Å². The summed E-state index contributed by atoms with van der Waals surface area (Å²) in [5, 5.41) is 7.99. The lowest BCUT2D eigenvalue weighted by molar-refractivity contribution is 0.610. The average molecular weight is 269 g/mol. The summed E-state index contributed by atoms with van der Waals surface area (Å²) < 4.78 is 1.95. The minimum atomic E-state index is 0.309. The number of nitrogens with one attached hydrogen (secondary N) is 1. The highest BCUT2D eigenvalue weighted by molar-refractivity contribution is 5.48. The molecule has 1 atom stereocenters. The van der Waals surface area contributed by atoms with Gasteiger partial charge in [0.15, 0.2) is 0 Å². The van der Waals surface area contributed by atoms with Crippen LogP contribution in [0.3, 0.4) is 0 Å². The highest BCUT2D eigenvalue weighted by Crippen LogP contribution is 2.20. The van der Waals surface area contributed by atoms with E-state index in [0.717, 1.165) is 12.2 Å². The van der Waals surface area contributed by atoms with Gasteiger partial charge in [0.1, 0.15) is 0 Å². The molecule has 20 heavy (non-hydrogen) atoms. The quantitative estimate of drug-likeness (QED) is 0.901. The Balaban J connectivity index is 1.92. The maximum absolute atomic E-state index is 4.47. The Labute approximate surface area is 121 Å². The van der Waals surface area contributed by atoms with Crippen LogP contribution >= 0.6 is 0 Å². The molecule has 0 aliphatic heterocycles. The summed E-state index contributed by atoms with van der Waals surface area (Å²) in [5.74, 6) is 0. The smallest absolute Gasteiger partial charge is 0.0644 e. The van der Waals surface area contributed by atoms with Gasteiger partial charge in [-0.15, -0.1) is 0 Å². The molecule has 1 aromatic carbocycles. The highest BCUT2D eigenvalue weighted by Gasteiger charge is 2.14. The van der Waals surface area contributed by atoms with E-state index in [1.807, 2.05) is 17.8 Å². The first kappa shape index (κ1) is 14.5. The number of aromatic nitrogens is 2. The van der Waals surface area contributed by atoms with Crippen molar-refractivity contribution in [2.75, 3.05) is 6.54 Å². The van der Waals surface area contributed by atoms with Gasteiger partial charge in [-0.1, -0.05) is 42.5 Å². The molecule has 0 bridgehead atoms. The van der Waals surface area contributed by atoms with Crippen LogP contribution < -0.4 is 5.32 Å². The molecule has 1 N–H and O–H groups in total. The molecular formula is C17H23N3. The van der Waals surface area contributed by atoms with Crippen LogP contribution in [0.1, 0.15) is 35.5 Å². The fourth-order valence-corrected chi connectivity index (χ4v) is 2.52. The molecular weight excluding hydrogens is 246 g/mol. The Morgan fingerprint density at radius 2 is 1.95 bits per heavy atom. The number of benzene rings is 1. The van der Waals surface area contributed by atoms with E-state index < -0.39 is 0 Å². The SMILES string of the molecule is Cc1nn(C)c(C)c1[C@@H](C)NC/C=C/c1ccccc1. The number of rotatable bonds is 5. The van der Waals surface area contributed by atoms with Gasteiger partial charge in [0.05, 0.1) is 5.69 Å². The van der Waals surface area contributed by atoms with Crippen LogP contribution in [0, 0.1) is 13.8 Å². The zero-order valence-corrected chi connectivity index (χ0v) is 12.7. The summed E-state index contributed by atoms with van der Waals surface area (Å²) in [6.45, 7) is 7.23. The van der Waals surface area contributed by atoms with Crippen LogP contribution in [0.5, 0.6) is 0 Å². The Kier molecular flexibility index (Phi) is 4.74. The fourth-order valence-electron chi connectivity index (χ4n) is 2.52. The van der Waals surface area contributed by atoms with Crippen molar-refractivity contribution in [1.29, 1.82) is 0 Å². The molecule has 1 heterocycles. The molecule has 0 spiro atoms. The van der Waals surface area contributed by atoms with E-state index >= 15 is 0 Å². The van der Waals surface area contributed by atoms with Crippen molar-refractivity contribution in [3.63, 3.8) is 0 Å². The molecule has 0 saturated carbocycles. The minimum absolute atomic E-state index is 0.309. The Bertz CT molecular complexity index is 582. The molecule has 0 aliphatic rings. The van der Waals surface area contributed by atoms with Gasteiger partial charge in [0.2, 0.25) is 0 Å². The first-order valence-corrected chi connectivity index (χ1v) is 7.04. The molecule has 2 rings (SSSR count). The molecule has 2 aromatic rings. The van der Waals surface area contributed by atoms with E-state index in [1.165, 1.54) is 16.8 Å². The van der Waals surface area contributed by atoms with E-state index in [0.29, 0.717) is 6.04 Å². The molecule has 1 aromatic heterocycles. The van der Waals surface area contributed by atoms with Gasteiger partial charge in [0, 0.05) is 30.9 Å². The summed E-state index contributed by atoms with van der Waals surface area (Å²) >= 11 is 0. The molecule has 0 saturated heterocycles. The number of hydrogen-bond acceptors (Lipinski definition) is 2. The van der Waals surface area contributed by atoms with Gasteiger partial charge in [-0.3, -0.25) is 4.68 Å². The van der Waals surface area contributed by atoms with Crippen LogP contribution in [-0.2, 0) is 7.05 Å². The number of nitrogens with zero attached hydrogens (tertiary/aromatic N) is 2. The minimum Gasteiger partial charge on any atom is -0.307 e. The van der Waals surface area contributed by atoms with E-state index in [2.05, 4.69) is 67.6 Å². The molecule has 3 heteroatoms. The largest absolute Gasteiger partial charge is 0.307 e. The van der Waals surface area contributed by atoms with Crippen LogP contribution in [0.4, 0.5) is 0 Å². The molecule has 3 nitrogen and oxygen atoms in total. The van der Waals surface area contributed by atoms with Gasteiger partial charge < -0.3 is 5.32 Å². The van der Waals surface area contributed by atoms with E-state index in [1.54, 1.807) is 0 Å². The van der Waals surface area contributed by atoms with Gasteiger partial charge >= 0.3 is 0 Å². The standard InChI is InChI=1S/C17H23N3/c1-13(17-14(2)19-20(4)15(17)3)18-12-8-11-16-9-6-5-7-10-16/h5-11,13,18H,12H2,1-4H3/b11-8+/t13-/m1/s1. The molecule has 106 valence electrons. The summed E-state index contributed by atoms with van der Waals surface area (Å²) in [6.07, 6.45) is 4.30. The van der Waals surface area contributed by atoms with Gasteiger partial charge in [0.25, 0.3) is 0 Å². The van der Waals surface area contributed by atoms with Crippen molar-refractivity contribution in [3.8, 4) is 0 Å². The molecule has 0 fully saturated rings. The van der Waals surface area contributed by atoms with Crippen LogP contribution in [-0.4, -0.2) is 16.3 Å². The van der Waals surface area contributed by atoms with Crippen molar-refractivity contribution >= 4 is 6.08 Å². The third kappa shape index (κ3) is 3.36. The average Bonchev–Trinajstić information content (AvgIpc) is 2.69. The first-order chi connectivity index (χ1) is 9.59. The molecule has 0 radical (unpaired) electrons.